The van der Waals surface area contributed by atoms with E-state index >= 15 is 0 Å². The Hall–Kier alpha value is -0.680. The molecule has 1 heterocycles. The molecule has 0 fully saturated rings. The molecule has 1 rings (SSSR count). The molecule has 15 heavy (non-hydrogen) atoms. The predicted molar refractivity (Wildman–Crippen MR) is 65.4 cm³/mol. The van der Waals surface area contributed by atoms with Crippen LogP contribution in [0.3, 0.4) is 0 Å². The van der Waals surface area contributed by atoms with Crippen molar-refractivity contribution in [1.82, 2.24) is 9.36 Å². The molecule has 1 atom stereocenters. The van der Waals surface area contributed by atoms with Gasteiger partial charge in [-0.05, 0) is 6.42 Å². The van der Waals surface area contributed by atoms with Crippen LogP contribution in [0, 0.1) is 0 Å². The Labute approximate surface area is 95.5 Å². The summed E-state index contributed by atoms with van der Waals surface area (Å²) in [6, 6.07) is 0.322. The van der Waals surface area contributed by atoms with Crippen LogP contribution < -0.4 is 11.1 Å². The van der Waals surface area contributed by atoms with Crippen LogP contribution in [0.5, 0.6) is 0 Å². The van der Waals surface area contributed by atoms with Crippen molar-refractivity contribution in [2.45, 2.75) is 45.6 Å². The van der Waals surface area contributed by atoms with Crippen molar-refractivity contribution in [1.29, 1.82) is 0 Å². The number of nitrogens with zero attached hydrogens (tertiary/aromatic N) is 2. The molecule has 0 saturated heterocycles. The molecule has 0 spiro atoms. The molecule has 1 aromatic rings. The van der Waals surface area contributed by atoms with Crippen molar-refractivity contribution >= 4 is 16.7 Å². The molecule has 1 unspecified atom stereocenters. The van der Waals surface area contributed by atoms with E-state index in [1.54, 1.807) is 0 Å². The molecule has 5 heteroatoms. The third kappa shape index (κ3) is 3.76. The maximum absolute atomic E-state index is 5.67. The van der Waals surface area contributed by atoms with Gasteiger partial charge in [0, 0.05) is 30.0 Å². The largest absolute Gasteiger partial charge is 0.356 e. The summed E-state index contributed by atoms with van der Waals surface area (Å²) in [4.78, 5) is 4.42. The number of rotatable bonds is 6. The summed E-state index contributed by atoms with van der Waals surface area (Å²) in [5.74, 6) is 1.30. The van der Waals surface area contributed by atoms with Crippen LogP contribution in [0.1, 0.15) is 45.4 Å². The molecule has 0 aliphatic rings. The summed E-state index contributed by atoms with van der Waals surface area (Å²) < 4.78 is 4.29. The zero-order chi connectivity index (χ0) is 11.3. The molecule has 4 nitrogen and oxygen atoms in total. The van der Waals surface area contributed by atoms with E-state index in [0.29, 0.717) is 18.5 Å². The van der Waals surface area contributed by atoms with Crippen LogP contribution >= 0.6 is 11.5 Å². The number of nitrogens with one attached hydrogen (secondary N) is 1. The first-order chi connectivity index (χ1) is 7.17. The highest BCUT2D eigenvalue weighted by Gasteiger charge is 2.10. The average molecular weight is 228 g/mol. The van der Waals surface area contributed by atoms with Crippen LogP contribution in [0.25, 0.3) is 0 Å². The molecule has 1 aromatic heterocycles. The van der Waals surface area contributed by atoms with Crippen molar-refractivity contribution in [3.05, 3.63) is 5.82 Å². The van der Waals surface area contributed by atoms with Crippen LogP contribution in [0.2, 0.25) is 0 Å². The van der Waals surface area contributed by atoms with E-state index in [1.807, 2.05) is 0 Å². The lowest BCUT2D eigenvalue weighted by Gasteiger charge is -2.14. The van der Waals surface area contributed by atoms with Crippen LogP contribution in [0.4, 0.5) is 5.13 Å². The first kappa shape index (κ1) is 12.4. The zero-order valence-electron chi connectivity index (χ0n) is 9.66. The molecular formula is C10H20N4S. The third-order valence-corrected chi connectivity index (χ3v) is 2.87. The van der Waals surface area contributed by atoms with Gasteiger partial charge in [-0.3, -0.25) is 0 Å². The predicted octanol–water partition coefficient (Wildman–Crippen LogP) is 2.20. The van der Waals surface area contributed by atoms with Gasteiger partial charge >= 0.3 is 0 Å². The Bertz CT molecular complexity index is 285. The van der Waals surface area contributed by atoms with Crippen LogP contribution in [0.15, 0.2) is 0 Å². The van der Waals surface area contributed by atoms with Crippen LogP contribution in [-0.2, 0) is 0 Å². The Kier molecular flexibility index (Phi) is 4.98. The molecule has 3 N–H and O–H groups in total. The normalized spacial score (nSPS) is 13.1. The zero-order valence-corrected chi connectivity index (χ0v) is 10.5. The molecule has 86 valence electrons. The highest BCUT2D eigenvalue weighted by molar-refractivity contribution is 7.09. The summed E-state index contributed by atoms with van der Waals surface area (Å²) >= 11 is 1.42. The fourth-order valence-corrected chi connectivity index (χ4v) is 2.09. The van der Waals surface area contributed by atoms with Gasteiger partial charge in [0.05, 0.1) is 0 Å². The third-order valence-electron chi connectivity index (χ3n) is 2.21. The molecule has 0 amide bonds. The van der Waals surface area contributed by atoms with Crippen molar-refractivity contribution in [2.75, 3.05) is 11.9 Å². The molecule has 0 aromatic carbocycles. The molecule has 0 radical (unpaired) electrons. The fraction of sp³-hybridized carbons (Fsp3) is 0.800. The highest BCUT2D eigenvalue weighted by Crippen LogP contribution is 2.18. The van der Waals surface area contributed by atoms with Gasteiger partial charge in [0.1, 0.15) is 5.82 Å². The van der Waals surface area contributed by atoms with Crippen LogP contribution in [-0.4, -0.2) is 21.9 Å². The Morgan fingerprint density at radius 1 is 1.47 bits per heavy atom. The number of anilines is 1. The van der Waals surface area contributed by atoms with Gasteiger partial charge in [0.2, 0.25) is 5.13 Å². The first-order valence-corrected chi connectivity index (χ1v) is 6.24. The summed E-state index contributed by atoms with van der Waals surface area (Å²) in [5, 5.41) is 4.22. The van der Waals surface area contributed by atoms with E-state index in [4.69, 9.17) is 5.73 Å². The number of hydrogen-bond acceptors (Lipinski definition) is 5. The lowest BCUT2D eigenvalue weighted by atomic mass is 10.2. The molecule has 0 aliphatic heterocycles. The van der Waals surface area contributed by atoms with E-state index in [9.17, 15) is 0 Å². The van der Waals surface area contributed by atoms with Gasteiger partial charge < -0.3 is 11.1 Å². The SMILES string of the molecule is CCCC(CN)Nc1nc(C(C)C)ns1. The van der Waals surface area contributed by atoms with Gasteiger partial charge in [-0.25, -0.2) is 4.98 Å². The molecule has 0 aliphatic carbocycles. The summed E-state index contributed by atoms with van der Waals surface area (Å²) in [6.45, 7) is 6.99. The van der Waals surface area contributed by atoms with Gasteiger partial charge in [0.25, 0.3) is 0 Å². The topological polar surface area (TPSA) is 63.8 Å². The lowest BCUT2D eigenvalue weighted by Crippen LogP contribution is -2.28. The van der Waals surface area contributed by atoms with Crippen molar-refractivity contribution in [3.63, 3.8) is 0 Å². The Balaban J connectivity index is 2.55. The monoisotopic (exact) mass is 228 g/mol. The number of aromatic nitrogens is 2. The van der Waals surface area contributed by atoms with E-state index in [1.165, 1.54) is 11.5 Å². The Morgan fingerprint density at radius 2 is 2.20 bits per heavy atom. The highest BCUT2D eigenvalue weighted by atomic mass is 32.1. The number of hydrogen-bond donors (Lipinski definition) is 2. The minimum absolute atomic E-state index is 0.322. The van der Waals surface area contributed by atoms with E-state index < -0.39 is 0 Å². The fourth-order valence-electron chi connectivity index (χ4n) is 1.30. The van der Waals surface area contributed by atoms with E-state index in [-0.39, 0.29) is 0 Å². The van der Waals surface area contributed by atoms with Crippen molar-refractivity contribution < 1.29 is 0 Å². The minimum atomic E-state index is 0.322. The average Bonchev–Trinajstić information content (AvgIpc) is 2.65. The summed E-state index contributed by atoms with van der Waals surface area (Å²) in [6.07, 6.45) is 2.21. The standard InChI is InChI=1S/C10H20N4S/c1-4-5-8(6-11)12-10-13-9(7(2)3)14-15-10/h7-8H,4-6,11H2,1-3H3,(H,12,13,14). The second-order valence-electron chi connectivity index (χ2n) is 3.98. The second kappa shape index (κ2) is 6.02. The van der Waals surface area contributed by atoms with Gasteiger partial charge in [-0.1, -0.05) is 27.2 Å². The molecular weight excluding hydrogens is 208 g/mol. The van der Waals surface area contributed by atoms with Crippen molar-refractivity contribution in [2.24, 2.45) is 5.73 Å². The molecule has 0 bridgehead atoms. The Morgan fingerprint density at radius 3 is 2.67 bits per heavy atom. The number of nitrogens with two attached hydrogens (primary N) is 1. The quantitative estimate of drug-likeness (QED) is 0.783. The summed E-state index contributed by atoms with van der Waals surface area (Å²) in [7, 11) is 0. The van der Waals surface area contributed by atoms with Gasteiger partial charge in [0.15, 0.2) is 0 Å². The maximum Gasteiger partial charge on any atom is 0.202 e. The second-order valence-corrected chi connectivity index (χ2v) is 4.73. The smallest absolute Gasteiger partial charge is 0.202 e. The minimum Gasteiger partial charge on any atom is -0.356 e. The van der Waals surface area contributed by atoms with Crippen molar-refractivity contribution in [3.8, 4) is 0 Å². The van der Waals surface area contributed by atoms with Gasteiger partial charge in [-0.2, -0.15) is 4.37 Å². The summed E-state index contributed by atoms with van der Waals surface area (Å²) in [5.41, 5.74) is 5.67. The molecule has 0 saturated carbocycles. The van der Waals surface area contributed by atoms with Gasteiger partial charge in [-0.15, -0.1) is 0 Å². The van der Waals surface area contributed by atoms with E-state index in [0.717, 1.165) is 23.8 Å². The maximum atomic E-state index is 5.67. The first-order valence-electron chi connectivity index (χ1n) is 5.47. The van der Waals surface area contributed by atoms with E-state index in [2.05, 4.69) is 35.4 Å². The lowest BCUT2D eigenvalue weighted by molar-refractivity contribution is 0.647.